The number of nitrogens with zero attached hydrogens (tertiary/aromatic N) is 1. The second-order valence-corrected chi connectivity index (χ2v) is 7.86. The number of hydrazone groups is 1. The Hall–Kier alpha value is -3.49. The first-order valence-electron chi connectivity index (χ1n) is 9.31. The van der Waals surface area contributed by atoms with Crippen molar-refractivity contribution in [2.24, 2.45) is 5.10 Å². The summed E-state index contributed by atoms with van der Waals surface area (Å²) in [6.07, 6.45) is 1.36. The Kier molecular flexibility index (Phi) is 7.75. The maximum absolute atomic E-state index is 12.2. The van der Waals surface area contributed by atoms with Gasteiger partial charge in [-0.15, -0.1) is 0 Å². The number of carbonyl (C=O) groups is 3. The highest BCUT2D eigenvalue weighted by Gasteiger charge is 2.14. The molecule has 162 valence electrons. The molecule has 0 fully saturated rings. The van der Waals surface area contributed by atoms with Crippen LogP contribution >= 0.6 is 27.5 Å². The van der Waals surface area contributed by atoms with Crippen LogP contribution in [0.5, 0.6) is 5.75 Å². The van der Waals surface area contributed by atoms with Crippen LogP contribution in [0.15, 0.2) is 76.3 Å². The molecule has 9 heteroatoms. The van der Waals surface area contributed by atoms with E-state index in [1.165, 1.54) is 6.21 Å². The first-order valence-corrected chi connectivity index (χ1v) is 10.5. The number of amides is 2. The summed E-state index contributed by atoms with van der Waals surface area (Å²) in [5, 5.41) is 6.73. The molecule has 3 aromatic carbocycles. The van der Waals surface area contributed by atoms with E-state index in [9.17, 15) is 14.4 Å². The van der Waals surface area contributed by atoms with Crippen molar-refractivity contribution in [1.82, 2.24) is 5.43 Å². The Labute approximate surface area is 197 Å². The van der Waals surface area contributed by atoms with Crippen LogP contribution in [-0.4, -0.2) is 24.0 Å². The van der Waals surface area contributed by atoms with Gasteiger partial charge < -0.3 is 10.1 Å². The Morgan fingerprint density at radius 1 is 1.00 bits per heavy atom. The third kappa shape index (κ3) is 6.26. The van der Waals surface area contributed by atoms with Crippen molar-refractivity contribution in [2.75, 3.05) is 5.32 Å². The van der Waals surface area contributed by atoms with Crippen LogP contribution in [0.25, 0.3) is 0 Å². The Morgan fingerprint density at radius 2 is 1.72 bits per heavy atom. The van der Waals surface area contributed by atoms with Gasteiger partial charge in [0.05, 0.1) is 11.8 Å². The van der Waals surface area contributed by atoms with Gasteiger partial charge in [0.15, 0.2) is 0 Å². The highest BCUT2D eigenvalue weighted by Crippen LogP contribution is 2.22. The maximum Gasteiger partial charge on any atom is 0.343 e. The summed E-state index contributed by atoms with van der Waals surface area (Å²) in [5.41, 5.74) is 4.29. The van der Waals surface area contributed by atoms with E-state index in [-0.39, 0.29) is 0 Å². The standard InChI is InChI=1S/C23H17BrClN3O4/c1-14-19(25)6-3-7-20(14)27-21(29)22(30)28-26-13-15-8-10-18(11-9-15)32-23(31)16-4-2-5-17(24)12-16/h2-13H,1H3,(H,27,29)(H,28,30). The molecular formula is C23H17BrClN3O4. The van der Waals surface area contributed by atoms with Gasteiger partial charge in [-0.2, -0.15) is 5.10 Å². The topological polar surface area (TPSA) is 96.9 Å². The molecule has 2 amide bonds. The lowest BCUT2D eigenvalue weighted by molar-refractivity contribution is -0.136. The summed E-state index contributed by atoms with van der Waals surface area (Å²) in [7, 11) is 0. The average molecular weight is 515 g/mol. The first-order chi connectivity index (χ1) is 15.3. The number of anilines is 1. The van der Waals surface area contributed by atoms with E-state index < -0.39 is 17.8 Å². The molecule has 0 saturated carbocycles. The lowest BCUT2D eigenvalue weighted by Crippen LogP contribution is -2.32. The van der Waals surface area contributed by atoms with Crippen LogP contribution < -0.4 is 15.5 Å². The van der Waals surface area contributed by atoms with Gasteiger partial charge in [0, 0.05) is 15.2 Å². The Balaban J connectivity index is 1.53. The molecule has 0 saturated heterocycles. The zero-order valence-corrected chi connectivity index (χ0v) is 19.1. The van der Waals surface area contributed by atoms with E-state index in [0.29, 0.717) is 33.1 Å². The van der Waals surface area contributed by atoms with E-state index in [1.54, 1.807) is 67.6 Å². The van der Waals surface area contributed by atoms with Crippen molar-refractivity contribution in [3.8, 4) is 5.75 Å². The fraction of sp³-hybridized carbons (Fsp3) is 0.0435. The SMILES string of the molecule is Cc1c(Cl)cccc1NC(=O)C(=O)NN=Cc1ccc(OC(=O)c2cccc(Br)c2)cc1. The largest absolute Gasteiger partial charge is 0.423 e. The predicted molar refractivity (Wildman–Crippen MR) is 126 cm³/mol. The van der Waals surface area contributed by atoms with Crippen LogP contribution in [0.2, 0.25) is 5.02 Å². The minimum Gasteiger partial charge on any atom is -0.423 e. The molecular weight excluding hydrogens is 498 g/mol. The molecule has 0 unspecified atom stereocenters. The molecule has 0 heterocycles. The lowest BCUT2D eigenvalue weighted by Gasteiger charge is -2.08. The Bertz CT molecular complexity index is 1200. The quantitative estimate of drug-likeness (QED) is 0.169. The minimum atomic E-state index is -0.930. The molecule has 0 radical (unpaired) electrons. The third-order valence-electron chi connectivity index (χ3n) is 4.25. The average Bonchev–Trinajstić information content (AvgIpc) is 2.78. The highest BCUT2D eigenvalue weighted by molar-refractivity contribution is 9.10. The molecule has 0 aliphatic rings. The second-order valence-electron chi connectivity index (χ2n) is 6.53. The molecule has 7 nitrogen and oxygen atoms in total. The fourth-order valence-electron chi connectivity index (χ4n) is 2.54. The van der Waals surface area contributed by atoms with Crippen LogP contribution in [-0.2, 0) is 9.59 Å². The zero-order valence-electron chi connectivity index (χ0n) is 16.8. The first kappa shape index (κ1) is 23.2. The predicted octanol–water partition coefficient (Wildman–Crippen LogP) is 4.72. The minimum absolute atomic E-state index is 0.354. The summed E-state index contributed by atoms with van der Waals surface area (Å²) in [5.74, 6) is -1.93. The molecule has 32 heavy (non-hydrogen) atoms. The summed E-state index contributed by atoms with van der Waals surface area (Å²) in [6, 6.07) is 18.3. The molecule has 0 aromatic heterocycles. The summed E-state index contributed by atoms with van der Waals surface area (Å²) >= 11 is 9.31. The molecule has 3 aromatic rings. The highest BCUT2D eigenvalue weighted by atomic mass is 79.9. The monoisotopic (exact) mass is 513 g/mol. The number of rotatable bonds is 5. The number of nitrogens with one attached hydrogen (secondary N) is 2. The number of carbonyl (C=O) groups excluding carboxylic acids is 3. The van der Waals surface area contributed by atoms with Crippen molar-refractivity contribution in [3.05, 3.63) is 92.9 Å². The molecule has 3 rings (SSSR count). The van der Waals surface area contributed by atoms with Crippen LogP contribution in [0.4, 0.5) is 5.69 Å². The number of esters is 1. The number of benzene rings is 3. The molecule has 2 N–H and O–H groups in total. The van der Waals surface area contributed by atoms with Gasteiger partial charge in [0.2, 0.25) is 0 Å². The number of ether oxygens (including phenoxy) is 1. The van der Waals surface area contributed by atoms with Crippen molar-refractivity contribution < 1.29 is 19.1 Å². The molecule has 0 aliphatic carbocycles. The number of hydrogen-bond donors (Lipinski definition) is 2. The van der Waals surface area contributed by atoms with Crippen LogP contribution in [0.1, 0.15) is 21.5 Å². The maximum atomic E-state index is 12.2. The molecule has 0 aliphatic heterocycles. The van der Waals surface area contributed by atoms with Crippen molar-refractivity contribution >= 4 is 57.2 Å². The third-order valence-corrected chi connectivity index (χ3v) is 5.16. The smallest absolute Gasteiger partial charge is 0.343 e. The van der Waals surface area contributed by atoms with E-state index in [0.717, 1.165) is 4.47 Å². The number of hydrogen-bond acceptors (Lipinski definition) is 5. The van der Waals surface area contributed by atoms with Gasteiger partial charge in [0.1, 0.15) is 5.75 Å². The van der Waals surface area contributed by atoms with Crippen LogP contribution in [0, 0.1) is 6.92 Å². The van der Waals surface area contributed by atoms with Crippen LogP contribution in [0.3, 0.4) is 0 Å². The number of halogens is 2. The van der Waals surface area contributed by atoms with Gasteiger partial charge in [-0.3, -0.25) is 9.59 Å². The Morgan fingerprint density at radius 3 is 2.44 bits per heavy atom. The van der Waals surface area contributed by atoms with Gasteiger partial charge in [-0.1, -0.05) is 39.7 Å². The lowest BCUT2D eigenvalue weighted by atomic mass is 10.2. The van der Waals surface area contributed by atoms with Gasteiger partial charge in [-0.05, 0) is 72.6 Å². The van der Waals surface area contributed by atoms with E-state index in [1.807, 2.05) is 6.07 Å². The van der Waals surface area contributed by atoms with E-state index >= 15 is 0 Å². The zero-order chi connectivity index (χ0) is 23.1. The second kappa shape index (κ2) is 10.7. The van der Waals surface area contributed by atoms with Crippen molar-refractivity contribution in [2.45, 2.75) is 6.92 Å². The summed E-state index contributed by atoms with van der Waals surface area (Å²) in [4.78, 5) is 36.1. The van der Waals surface area contributed by atoms with E-state index in [2.05, 4.69) is 31.8 Å². The molecule has 0 atom stereocenters. The van der Waals surface area contributed by atoms with E-state index in [4.69, 9.17) is 16.3 Å². The van der Waals surface area contributed by atoms with Crippen molar-refractivity contribution in [3.63, 3.8) is 0 Å². The summed E-state index contributed by atoms with van der Waals surface area (Å²) < 4.78 is 6.10. The molecule has 0 spiro atoms. The van der Waals surface area contributed by atoms with Gasteiger partial charge in [-0.25, -0.2) is 10.2 Å². The normalized spacial score (nSPS) is 10.6. The molecule has 0 bridgehead atoms. The fourth-order valence-corrected chi connectivity index (χ4v) is 3.12. The van der Waals surface area contributed by atoms with Gasteiger partial charge in [0.25, 0.3) is 0 Å². The van der Waals surface area contributed by atoms with Crippen molar-refractivity contribution in [1.29, 1.82) is 0 Å². The summed E-state index contributed by atoms with van der Waals surface area (Å²) in [6.45, 7) is 1.73. The van der Waals surface area contributed by atoms with Gasteiger partial charge >= 0.3 is 17.8 Å².